The van der Waals surface area contributed by atoms with E-state index in [0.29, 0.717) is 11.4 Å². The van der Waals surface area contributed by atoms with Crippen LogP contribution in [0, 0.1) is 13.8 Å². The van der Waals surface area contributed by atoms with Crippen molar-refractivity contribution in [3.63, 3.8) is 0 Å². The Balaban J connectivity index is 1.99. The van der Waals surface area contributed by atoms with Crippen LogP contribution in [0.5, 0.6) is 5.75 Å². The Morgan fingerprint density at radius 2 is 1.82 bits per heavy atom. The number of carbonyl (C=O) groups excluding carboxylic acids is 1. The summed E-state index contributed by atoms with van der Waals surface area (Å²) >= 11 is 11.8. The molecule has 0 bridgehead atoms. The Kier molecular flexibility index (Phi) is 5.16. The fraction of sp³-hybridized carbons (Fsp3) is 0.188. The number of carbonyl (C=O) groups is 1. The van der Waals surface area contributed by atoms with Gasteiger partial charge in [0.2, 0.25) is 0 Å². The van der Waals surface area contributed by atoms with E-state index in [1.54, 1.807) is 0 Å². The smallest absolute Gasteiger partial charge is 0.262 e. The van der Waals surface area contributed by atoms with Crippen LogP contribution in [0.4, 0.5) is 11.4 Å². The normalized spacial score (nSPS) is 10.4. The summed E-state index contributed by atoms with van der Waals surface area (Å²) in [4.78, 5) is 11.9. The van der Waals surface area contributed by atoms with Crippen LogP contribution >= 0.6 is 23.2 Å². The fourth-order valence-electron chi connectivity index (χ4n) is 1.96. The number of nitrogens with two attached hydrogens (primary N) is 1. The molecule has 0 heterocycles. The number of hydrogen-bond donors (Lipinski definition) is 2. The van der Waals surface area contributed by atoms with E-state index < -0.39 is 0 Å². The summed E-state index contributed by atoms with van der Waals surface area (Å²) in [6.45, 7) is 3.82. The van der Waals surface area contributed by atoms with Crippen molar-refractivity contribution in [1.29, 1.82) is 0 Å². The van der Waals surface area contributed by atoms with E-state index in [2.05, 4.69) is 5.32 Å². The van der Waals surface area contributed by atoms with Gasteiger partial charge in [0.25, 0.3) is 5.91 Å². The summed E-state index contributed by atoms with van der Waals surface area (Å²) in [6.07, 6.45) is 0. The first-order chi connectivity index (χ1) is 10.4. The second kappa shape index (κ2) is 6.90. The highest BCUT2D eigenvalue weighted by atomic mass is 35.5. The molecule has 0 atom stereocenters. The molecule has 0 unspecified atom stereocenters. The van der Waals surface area contributed by atoms with Gasteiger partial charge in [-0.15, -0.1) is 0 Å². The zero-order valence-electron chi connectivity index (χ0n) is 12.2. The zero-order valence-corrected chi connectivity index (χ0v) is 13.8. The van der Waals surface area contributed by atoms with E-state index in [1.807, 2.05) is 32.0 Å². The third kappa shape index (κ3) is 4.06. The molecule has 0 aliphatic heterocycles. The lowest BCUT2D eigenvalue weighted by atomic mass is 10.1. The van der Waals surface area contributed by atoms with E-state index >= 15 is 0 Å². The third-order valence-electron chi connectivity index (χ3n) is 3.05. The zero-order chi connectivity index (χ0) is 16.3. The number of aryl methyl sites for hydroxylation is 2. The van der Waals surface area contributed by atoms with Gasteiger partial charge in [0.1, 0.15) is 5.75 Å². The number of nitrogens with one attached hydrogen (secondary N) is 1. The number of anilines is 2. The van der Waals surface area contributed by atoms with Gasteiger partial charge in [-0.2, -0.15) is 0 Å². The number of ether oxygens (including phenoxy) is 1. The van der Waals surface area contributed by atoms with Gasteiger partial charge in [0, 0.05) is 5.69 Å². The molecular formula is C16H16Cl2N2O2. The summed E-state index contributed by atoms with van der Waals surface area (Å²) in [5.41, 5.74) is 8.52. The average Bonchev–Trinajstić information content (AvgIpc) is 2.43. The molecule has 0 aliphatic rings. The molecular weight excluding hydrogens is 323 g/mol. The maximum absolute atomic E-state index is 11.9. The number of nitrogen functional groups attached to an aromatic ring is 1. The van der Waals surface area contributed by atoms with E-state index in [1.165, 1.54) is 12.1 Å². The minimum atomic E-state index is -0.308. The maximum atomic E-state index is 11.9. The minimum absolute atomic E-state index is 0.108. The van der Waals surface area contributed by atoms with Crippen LogP contribution in [-0.2, 0) is 4.79 Å². The van der Waals surface area contributed by atoms with Crippen molar-refractivity contribution in [1.82, 2.24) is 0 Å². The molecule has 0 fully saturated rings. The molecule has 1 amide bonds. The van der Waals surface area contributed by atoms with Gasteiger partial charge in [0.15, 0.2) is 6.61 Å². The van der Waals surface area contributed by atoms with Crippen molar-refractivity contribution in [2.45, 2.75) is 13.8 Å². The lowest BCUT2D eigenvalue weighted by Gasteiger charge is -2.11. The van der Waals surface area contributed by atoms with E-state index in [0.717, 1.165) is 11.1 Å². The number of amides is 1. The lowest BCUT2D eigenvalue weighted by molar-refractivity contribution is -0.118. The molecule has 2 aromatic carbocycles. The van der Waals surface area contributed by atoms with Crippen LogP contribution in [0.2, 0.25) is 10.0 Å². The van der Waals surface area contributed by atoms with Gasteiger partial charge >= 0.3 is 0 Å². The highest BCUT2D eigenvalue weighted by Gasteiger charge is 2.09. The second-order valence-corrected chi connectivity index (χ2v) is 5.77. The van der Waals surface area contributed by atoms with Crippen molar-refractivity contribution in [2.24, 2.45) is 0 Å². The van der Waals surface area contributed by atoms with Crippen molar-refractivity contribution in [3.05, 3.63) is 51.5 Å². The SMILES string of the molecule is Cc1ccc(OCC(=O)Nc2cc(Cl)c(N)c(Cl)c2)c(C)c1. The van der Waals surface area contributed by atoms with Crippen LogP contribution in [0.1, 0.15) is 11.1 Å². The monoisotopic (exact) mass is 338 g/mol. The fourth-order valence-corrected chi connectivity index (χ4v) is 2.45. The topological polar surface area (TPSA) is 64.3 Å². The van der Waals surface area contributed by atoms with Gasteiger partial charge in [0.05, 0.1) is 15.7 Å². The Morgan fingerprint density at radius 1 is 1.18 bits per heavy atom. The summed E-state index contributed by atoms with van der Waals surface area (Å²) in [6, 6.07) is 8.84. The molecule has 4 nitrogen and oxygen atoms in total. The standard InChI is InChI=1S/C16H16Cl2N2O2/c1-9-3-4-14(10(2)5-9)22-8-15(21)20-11-6-12(17)16(19)13(18)7-11/h3-7H,8,19H2,1-2H3,(H,20,21). The Morgan fingerprint density at radius 3 is 2.41 bits per heavy atom. The first kappa shape index (κ1) is 16.5. The van der Waals surface area contributed by atoms with Gasteiger partial charge in [-0.3, -0.25) is 4.79 Å². The quantitative estimate of drug-likeness (QED) is 0.820. The van der Waals surface area contributed by atoms with Gasteiger partial charge in [-0.25, -0.2) is 0 Å². The molecule has 0 spiro atoms. The summed E-state index contributed by atoms with van der Waals surface area (Å²) in [5, 5.41) is 3.24. The van der Waals surface area contributed by atoms with Crippen molar-refractivity contribution in [2.75, 3.05) is 17.7 Å². The minimum Gasteiger partial charge on any atom is -0.483 e. The number of benzene rings is 2. The lowest BCUT2D eigenvalue weighted by Crippen LogP contribution is -2.20. The maximum Gasteiger partial charge on any atom is 0.262 e. The van der Waals surface area contributed by atoms with Crippen molar-refractivity contribution >= 4 is 40.5 Å². The Bertz CT molecular complexity index is 694. The predicted octanol–water partition coefficient (Wildman–Crippen LogP) is 4.21. The number of rotatable bonds is 4. The van der Waals surface area contributed by atoms with E-state index in [4.69, 9.17) is 33.7 Å². The summed E-state index contributed by atoms with van der Waals surface area (Å²) in [5.74, 6) is 0.367. The molecule has 116 valence electrons. The van der Waals surface area contributed by atoms with Crippen molar-refractivity contribution in [3.8, 4) is 5.75 Å². The second-order valence-electron chi connectivity index (χ2n) is 4.96. The first-order valence-corrected chi connectivity index (χ1v) is 7.37. The molecule has 0 saturated heterocycles. The van der Waals surface area contributed by atoms with Gasteiger partial charge in [-0.05, 0) is 37.6 Å². The largest absolute Gasteiger partial charge is 0.483 e. The van der Waals surface area contributed by atoms with Gasteiger partial charge in [-0.1, -0.05) is 40.9 Å². The molecule has 22 heavy (non-hydrogen) atoms. The molecule has 2 aromatic rings. The number of hydrogen-bond acceptors (Lipinski definition) is 3. The van der Waals surface area contributed by atoms with Crippen LogP contribution in [0.25, 0.3) is 0 Å². The molecule has 0 saturated carbocycles. The highest BCUT2D eigenvalue weighted by molar-refractivity contribution is 6.39. The Labute approximate surface area is 139 Å². The molecule has 0 radical (unpaired) electrons. The van der Waals surface area contributed by atoms with Crippen LogP contribution in [-0.4, -0.2) is 12.5 Å². The predicted molar refractivity (Wildman–Crippen MR) is 90.9 cm³/mol. The van der Waals surface area contributed by atoms with E-state index in [-0.39, 0.29) is 28.2 Å². The molecule has 0 aromatic heterocycles. The van der Waals surface area contributed by atoms with Crippen LogP contribution < -0.4 is 15.8 Å². The average molecular weight is 339 g/mol. The summed E-state index contributed by atoms with van der Waals surface area (Å²) < 4.78 is 5.51. The molecule has 6 heteroatoms. The van der Waals surface area contributed by atoms with Gasteiger partial charge < -0.3 is 15.8 Å². The van der Waals surface area contributed by atoms with Crippen molar-refractivity contribution < 1.29 is 9.53 Å². The highest BCUT2D eigenvalue weighted by Crippen LogP contribution is 2.31. The third-order valence-corrected chi connectivity index (χ3v) is 3.68. The summed E-state index contributed by atoms with van der Waals surface area (Å²) in [7, 11) is 0. The molecule has 0 aliphatic carbocycles. The first-order valence-electron chi connectivity index (χ1n) is 6.61. The Hall–Kier alpha value is -1.91. The number of halogens is 2. The molecule has 3 N–H and O–H groups in total. The van der Waals surface area contributed by atoms with Crippen LogP contribution in [0.3, 0.4) is 0 Å². The van der Waals surface area contributed by atoms with E-state index in [9.17, 15) is 4.79 Å². The molecule has 2 rings (SSSR count). The van der Waals surface area contributed by atoms with Crippen LogP contribution in [0.15, 0.2) is 30.3 Å².